The number of carbonyl (C=O) groups excluding carboxylic acids is 4. The van der Waals surface area contributed by atoms with E-state index in [0.717, 1.165) is 9.80 Å². The first-order valence-electron chi connectivity index (χ1n) is 19.3. The van der Waals surface area contributed by atoms with E-state index < -0.39 is 150 Å². The fraction of sp³-hybridized carbons (Fsp3) is 0.735. The van der Waals surface area contributed by atoms with Crippen LogP contribution in [0.4, 0.5) is 0 Å². The summed E-state index contributed by atoms with van der Waals surface area (Å²) in [5.74, 6) is -7.36. The quantitative estimate of drug-likeness (QED) is 0.0118. The number of rotatable bonds is 38. The van der Waals surface area contributed by atoms with E-state index in [1.54, 1.807) is 0 Å². The second-order valence-electron chi connectivity index (χ2n) is 13.5. The predicted molar refractivity (Wildman–Crippen MR) is 211 cm³/mol. The molecule has 0 aromatic carbocycles. The van der Waals surface area contributed by atoms with Gasteiger partial charge in [-0.2, -0.15) is 0 Å². The molecule has 2 amide bonds. The number of carbonyl (C=O) groups is 7. The van der Waals surface area contributed by atoms with Crippen molar-refractivity contribution in [3.63, 3.8) is 0 Å². The number of hydrogen-bond acceptors (Lipinski definition) is 26. The van der Waals surface area contributed by atoms with Crippen molar-refractivity contribution in [2.75, 3.05) is 112 Å². The van der Waals surface area contributed by atoms with Crippen molar-refractivity contribution in [3.8, 4) is 0 Å². The van der Waals surface area contributed by atoms with Gasteiger partial charge in [0.2, 0.25) is 25.0 Å². The molecule has 31 nitrogen and oxygen atoms in total. The predicted octanol–water partition coefficient (Wildman–Crippen LogP) is -10.7. The summed E-state index contributed by atoms with van der Waals surface area (Å²) < 4.78 is 9.66. The summed E-state index contributed by atoms with van der Waals surface area (Å²) in [6.45, 7) is -8.15. The monoisotopic (exact) mass is 949 g/mol. The lowest BCUT2D eigenvalue weighted by molar-refractivity contribution is -0.149. The molecule has 0 fully saturated rings. The van der Waals surface area contributed by atoms with Gasteiger partial charge in [-0.05, 0) is 0 Å². The summed E-state index contributed by atoms with van der Waals surface area (Å²) in [7, 11) is 0. The minimum atomic E-state index is -1.95. The lowest BCUT2D eigenvalue weighted by Crippen LogP contribution is -2.47. The normalized spacial score (nSPS) is 15.5. The summed E-state index contributed by atoms with van der Waals surface area (Å²) in [6, 6.07) is 0. The van der Waals surface area contributed by atoms with E-state index in [0.29, 0.717) is 12.4 Å². The summed E-state index contributed by atoms with van der Waals surface area (Å²) in [5, 5.41) is 133. The molecule has 15 N–H and O–H groups in total. The van der Waals surface area contributed by atoms with E-state index >= 15 is 0 Å². The first-order chi connectivity index (χ1) is 30.6. The van der Waals surface area contributed by atoms with Crippen LogP contribution in [0.3, 0.4) is 0 Å². The molecule has 0 heterocycles. The van der Waals surface area contributed by atoms with Gasteiger partial charge < -0.3 is 96.2 Å². The number of ether oxygens (including phenoxy) is 2. The van der Waals surface area contributed by atoms with Crippen LogP contribution < -0.4 is 10.6 Å². The van der Waals surface area contributed by atoms with Gasteiger partial charge >= 0.3 is 29.8 Å². The third-order valence-electron chi connectivity index (χ3n) is 8.15. The number of nitrogens with one attached hydrogen (secondary N) is 2. The number of esters is 2. The van der Waals surface area contributed by atoms with Crippen LogP contribution in [0.2, 0.25) is 0 Å². The summed E-state index contributed by atoms with van der Waals surface area (Å²) in [4.78, 5) is 96.1. The summed E-state index contributed by atoms with van der Waals surface area (Å²) in [5.41, 5.74) is 0. The number of carboxylic acid groups (broad SMARTS) is 3. The van der Waals surface area contributed by atoms with Crippen LogP contribution in [0, 0.1) is 0 Å². The van der Waals surface area contributed by atoms with Crippen molar-refractivity contribution in [2.45, 2.75) is 48.8 Å². The first-order valence-corrected chi connectivity index (χ1v) is 19.3. The fourth-order valence-corrected chi connectivity index (χ4v) is 4.79. The number of amides is 2. The number of oxime groups is 2. The van der Waals surface area contributed by atoms with Gasteiger partial charge in [0.15, 0.2) is 0 Å². The molecular weight excluding hydrogens is 890 g/mol. The van der Waals surface area contributed by atoms with Crippen molar-refractivity contribution in [1.29, 1.82) is 0 Å². The highest BCUT2D eigenvalue weighted by atomic mass is 16.7. The van der Waals surface area contributed by atoms with Crippen molar-refractivity contribution < 1.29 is 119 Å². The first kappa shape index (κ1) is 59.7. The number of carboxylic acids is 3. The lowest BCUT2D eigenvalue weighted by Gasteiger charge is -2.28. The van der Waals surface area contributed by atoms with Gasteiger partial charge in [-0.3, -0.25) is 38.7 Å². The number of nitrogens with zero attached hydrogens (tertiary/aromatic N) is 5. The Morgan fingerprint density at radius 3 is 1.14 bits per heavy atom. The van der Waals surface area contributed by atoms with E-state index in [-0.39, 0.29) is 52.5 Å². The van der Waals surface area contributed by atoms with Crippen molar-refractivity contribution >= 4 is 54.1 Å². The highest BCUT2D eigenvalue weighted by Crippen LogP contribution is 2.05. The van der Waals surface area contributed by atoms with E-state index in [9.17, 15) is 89.7 Å². The molecule has 0 aliphatic heterocycles. The molecule has 0 saturated carbocycles. The maximum absolute atomic E-state index is 12.5. The number of aliphatic hydroxyl groups is 10. The molecule has 374 valence electrons. The average Bonchev–Trinajstić information content (AvgIpc) is 3.25. The summed E-state index contributed by atoms with van der Waals surface area (Å²) >= 11 is 0. The molecule has 0 spiro atoms. The van der Waals surface area contributed by atoms with Gasteiger partial charge in [0.1, 0.15) is 62.0 Å². The van der Waals surface area contributed by atoms with Crippen molar-refractivity contribution in [3.05, 3.63) is 0 Å². The minimum absolute atomic E-state index is 0.137. The van der Waals surface area contributed by atoms with Gasteiger partial charge in [0, 0.05) is 26.2 Å². The molecular formula is C34H59N7O24. The van der Waals surface area contributed by atoms with E-state index in [4.69, 9.17) is 19.7 Å². The standard InChI is InChI=1S/C34H59N7O24/c42-16-22(46)33(60)31(58)20(44)9-37-64-18-29(56)62-7-1-35-24(48)11-40(14-27(52)53)5-3-39(13-26(50)51)4-6-41(15-28(54)55)12-25(49)36-2-8-63-30(57)19-65-38-10-21(45)32(59)34(61)23(47)17-43/h9-10,20-23,31-34,42-47,58-61H,1-8,11-19H2,(H,35,48)(H,36,49)(H,50,51)(H,52,53)(H,54,55)/b37-9-,38-10+/t20-,21-,22-,23-,31+,32+,33-,34-/m1/s1. The summed E-state index contributed by atoms with van der Waals surface area (Å²) in [6.07, 6.45) is -13.8. The number of aliphatic hydroxyl groups excluding tert-OH is 10. The second-order valence-corrected chi connectivity index (χ2v) is 13.5. The smallest absolute Gasteiger partial charge is 0.347 e. The topological polar surface area (TPSA) is 478 Å². The Hall–Kier alpha value is -5.29. The molecule has 65 heavy (non-hydrogen) atoms. The Kier molecular flexibility index (Phi) is 31.3. The highest BCUT2D eigenvalue weighted by Gasteiger charge is 2.30. The zero-order valence-corrected chi connectivity index (χ0v) is 34.8. The van der Waals surface area contributed by atoms with Crippen LogP contribution in [0.5, 0.6) is 0 Å². The molecule has 0 rings (SSSR count). The molecule has 8 atom stereocenters. The molecule has 0 unspecified atom stereocenters. The van der Waals surface area contributed by atoms with E-state index in [1.165, 1.54) is 4.90 Å². The van der Waals surface area contributed by atoms with Gasteiger partial charge in [0.05, 0.1) is 71.5 Å². The third-order valence-corrected chi connectivity index (χ3v) is 8.15. The minimum Gasteiger partial charge on any atom is -0.480 e. The van der Waals surface area contributed by atoms with Gasteiger partial charge in [-0.1, -0.05) is 10.3 Å². The van der Waals surface area contributed by atoms with Crippen LogP contribution in [0.15, 0.2) is 10.3 Å². The van der Waals surface area contributed by atoms with Crippen LogP contribution in [0.25, 0.3) is 0 Å². The van der Waals surface area contributed by atoms with Crippen LogP contribution in [-0.2, 0) is 52.7 Å². The molecule has 31 heteroatoms. The Balaban J connectivity index is 4.90. The maximum Gasteiger partial charge on any atom is 0.347 e. The third kappa shape index (κ3) is 29.0. The molecule has 0 radical (unpaired) electrons. The van der Waals surface area contributed by atoms with Gasteiger partial charge in [-0.15, -0.1) is 0 Å². The lowest BCUT2D eigenvalue weighted by atomic mass is 10.0. The van der Waals surface area contributed by atoms with Crippen LogP contribution in [-0.4, -0.2) is 296 Å². The Morgan fingerprint density at radius 2 is 0.815 bits per heavy atom. The number of aliphatic carboxylic acids is 3. The second kappa shape index (κ2) is 34.1. The highest BCUT2D eigenvalue weighted by molar-refractivity contribution is 5.80. The van der Waals surface area contributed by atoms with E-state index in [2.05, 4.69) is 30.6 Å². The molecule has 0 aliphatic carbocycles. The van der Waals surface area contributed by atoms with Crippen LogP contribution >= 0.6 is 0 Å². The molecule has 0 aromatic heterocycles. The molecule has 0 bridgehead atoms. The molecule has 0 aliphatic rings. The largest absolute Gasteiger partial charge is 0.480 e. The Labute approximate surface area is 369 Å². The average molecular weight is 950 g/mol. The number of hydrogen-bond donors (Lipinski definition) is 15. The molecule has 0 aromatic rings. The molecule has 0 saturated heterocycles. The SMILES string of the molecule is O=C(O)CN(CCN(CC(=O)O)CC(=O)NCCOC(=O)CO/N=C\[C@@H](O)[C@H](O)[C@H](O)[C@H](O)CO)CCN(CC(=O)O)CC(=O)NCCOC(=O)CO/N=C/[C@@H](O)[C@H](O)[C@H](O)[C@H](O)CO. The van der Waals surface area contributed by atoms with Crippen molar-refractivity contribution in [1.82, 2.24) is 25.3 Å². The van der Waals surface area contributed by atoms with E-state index in [1.807, 2.05) is 0 Å². The maximum atomic E-state index is 12.5. The zero-order valence-electron chi connectivity index (χ0n) is 34.8. The fourth-order valence-electron chi connectivity index (χ4n) is 4.79. The van der Waals surface area contributed by atoms with Crippen LogP contribution in [0.1, 0.15) is 0 Å². The Bertz CT molecular complexity index is 1410. The Morgan fingerprint density at radius 1 is 0.492 bits per heavy atom. The van der Waals surface area contributed by atoms with Gasteiger partial charge in [-0.25, -0.2) is 9.59 Å². The van der Waals surface area contributed by atoms with Crippen molar-refractivity contribution in [2.24, 2.45) is 10.3 Å². The van der Waals surface area contributed by atoms with Gasteiger partial charge in [0.25, 0.3) is 0 Å². The zero-order chi connectivity index (χ0) is 49.5.